The van der Waals surface area contributed by atoms with E-state index in [4.69, 9.17) is 5.73 Å². The van der Waals surface area contributed by atoms with Gasteiger partial charge >= 0.3 is 11.8 Å². The molecule has 3 amide bonds. The van der Waals surface area contributed by atoms with E-state index in [1.165, 1.54) is 18.5 Å². The standard InChI is InChI=1S/C22H26N4O3/c1-14-8-9-15(2)19(16-6-4-3-5-7-16)26(13-14)22(29)21(28)25-18-10-17(20(23)27)11-24-12-18/h3-7,10-12,14-15,19H,8-9,13H2,1-2H3,(H2,23,27)(H,25,28)/t14-,15+,19+/m1/s1. The van der Waals surface area contributed by atoms with Crippen molar-refractivity contribution in [1.29, 1.82) is 0 Å². The number of aromatic nitrogens is 1. The molecule has 1 aromatic heterocycles. The zero-order chi connectivity index (χ0) is 21.0. The van der Waals surface area contributed by atoms with Crippen molar-refractivity contribution < 1.29 is 14.4 Å². The number of benzene rings is 1. The fourth-order valence-corrected chi connectivity index (χ4v) is 3.88. The van der Waals surface area contributed by atoms with Crippen LogP contribution < -0.4 is 11.1 Å². The highest BCUT2D eigenvalue weighted by Gasteiger charge is 2.36. The second-order valence-electron chi connectivity index (χ2n) is 7.75. The van der Waals surface area contributed by atoms with Crippen molar-refractivity contribution in [3.8, 4) is 0 Å². The van der Waals surface area contributed by atoms with Crippen molar-refractivity contribution in [3.63, 3.8) is 0 Å². The summed E-state index contributed by atoms with van der Waals surface area (Å²) in [7, 11) is 0. The van der Waals surface area contributed by atoms with Crippen LogP contribution in [-0.2, 0) is 9.59 Å². The lowest BCUT2D eigenvalue weighted by atomic mass is 9.90. The molecule has 1 fully saturated rings. The molecule has 3 N–H and O–H groups in total. The summed E-state index contributed by atoms with van der Waals surface area (Å²) >= 11 is 0. The highest BCUT2D eigenvalue weighted by Crippen LogP contribution is 2.36. The predicted octanol–water partition coefficient (Wildman–Crippen LogP) is 2.75. The van der Waals surface area contributed by atoms with Crippen LogP contribution in [0.15, 0.2) is 48.8 Å². The van der Waals surface area contributed by atoms with E-state index in [9.17, 15) is 14.4 Å². The zero-order valence-electron chi connectivity index (χ0n) is 16.7. The number of amides is 3. The molecule has 0 spiro atoms. The molecule has 1 aliphatic heterocycles. The van der Waals surface area contributed by atoms with Gasteiger partial charge in [0.05, 0.1) is 23.5 Å². The first-order valence-electron chi connectivity index (χ1n) is 9.78. The van der Waals surface area contributed by atoms with Gasteiger partial charge in [0, 0.05) is 12.7 Å². The number of hydrogen-bond donors (Lipinski definition) is 2. The van der Waals surface area contributed by atoms with Crippen LogP contribution in [-0.4, -0.2) is 34.2 Å². The van der Waals surface area contributed by atoms with E-state index in [0.29, 0.717) is 12.5 Å². The number of nitrogens with two attached hydrogens (primary N) is 1. The summed E-state index contributed by atoms with van der Waals surface area (Å²) in [6.07, 6.45) is 4.67. The molecule has 152 valence electrons. The maximum Gasteiger partial charge on any atom is 0.313 e. The molecule has 2 aromatic rings. The molecular weight excluding hydrogens is 368 g/mol. The molecule has 1 aliphatic rings. The molecule has 0 aliphatic carbocycles. The van der Waals surface area contributed by atoms with Crippen LogP contribution in [0.4, 0.5) is 5.69 Å². The largest absolute Gasteiger partial charge is 0.366 e. The third-order valence-electron chi connectivity index (χ3n) is 5.37. The van der Waals surface area contributed by atoms with Crippen LogP contribution >= 0.6 is 0 Å². The lowest BCUT2D eigenvalue weighted by Gasteiger charge is -2.34. The van der Waals surface area contributed by atoms with E-state index in [1.54, 1.807) is 4.90 Å². The van der Waals surface area contributed by atoms with Crippen LogP contribution in [0.25, 0.3) is 0 Å². The minimum atomic E-state index is -0.754. The topological polar surface area (TPSA) is 105 Å². The molecule has 0 unspecified atom stereocenters. The number of nitrogens with one attached hydrogen (secondary N) is 1. The molecular formula is C22H26N4O3. The number of carbonyl (C=O) groups is 3. The van der Waals surface area contributed by atoms with Gasteiger partial charge in [0.2, 0.25) is 5.91 Å². The van der Waals surface area contributed by atoms with Gasteiger partial charge in [0.15, 0.2) is 0 Å². The van der Waals surface area contributed by atoms with Crippen molar-refractivity contribution in [2.45, 2.75) is 32.7 Å². The second-order valence-corrected chi connectivity index (χ2v) is 7.75. The van der Waals surface area contributed by atoms with Gasteiger partial charge in [-0.3, -0.25) is 19.4 Å². The first-order valence-corrected chi connectivity index (χ1v) is 9.78. The van der Waals surface area contributed by atoms with Gasteiger partial charge in [-0.15, -0.1) is 0 Å². The Morgan fingerprint density at radius 1 is 1.10 bits per heavy atom. The normalized spacial score (nSPS) is 21.9. The van der Waals surface area contributed by atoms with Crippen LogP contribution in [0.1, 0.15) is 48.7 Å². The van der Waals surface area contributed by atoms with E-state index < -0.39 is 17.7 Å². The summed E-state index contributed by atoms with van der Waals surface area (Å²) in [6, 6.07) is 11.0. The molecule has 7 heteroatoms. The van der Waals surface area contributed by atoms with Gasteiger partial charge in [-0.2, -0.15) is 0 Å². The zero-order valence-corrected chi connectivity index (χ0v) is 16.7. The van der Waals surface area contributed by atoms with Crippen LogP contribution in [0, 0.1) is 11.8 Å². The van der Waals surface area contributed by atoms with E-state index in [-0.39, 0.29) is 23.2 Å². The number of rotatable bonds is 3. The first-order chi connectivity index (χ1) is 13.9. The third kappa shape index (κ3) is 4.80. The summed E-state index contributed by atoms with van der Waals surface area (Å²) in [6.45, 7) is 4.72. The Labute approximate surface area is 170 Å². The van der Waals surface area contributed by atoms with E-state index in [2.05, 4.69) is 24.1 Å². The molecule has 2 heterocycles. The summed E-state index contributed by atoms with van der Waals surface area (Å²) < 4.78 is 0. The number of nitrogens with zero attached hydrogens (tertiary/aromatic N) is 2. The lowest BCUT2D eigenvalue weighted by Crippen LogP contribution is -2.44. The van der Waals surface area contributed by atoms with Crippen molar-refractivity contribution in [3.05, 3.63) is 59.9 Å². The molecule has 0 radical (unpaired) electrons. The van der Waals surface area contributed by atoms with E-state index in [0.717, 1.165) is 18.4 Å². The van der Waals surface area contributed by atoms with Gasteiger partial charge in [-0.1, -0.05) is 44.2 Å². The molecule has 1 aromatic carbocycles. The third-order valence-corrected chi connectivity index (χ3v) is 5.37. The summed E-state index contributed by atoms with van der Waals surface area (Å²) in [5.41, 5.74) is 6.69. The van der Waals surface area contributed by atoms with Gasteiger partial charge in [0.25, 0.3) is 0 Å². The lowest BCUT2D eigenvalue weighted by molar-refractivity contribution is -0.145. The van der Waals surface area contributed by atoms with Crippen molar-refractivity contribution >= 4 is 23.4 Å². The van der Waals surface area contributed by atoms with Gasteiger partial charge in [0.1, 0.15) is 0 Å². The summed E-state index contributed by atoms with van der Waals surface area (Å²) in [5, 5.41) is 2.56. The second kappa shape index (κ2) is 8.86. The Kier molecular flexibility index (Phi) is 6.26. The number of pyridine rings is 1. The maximum absolute atomic E-state index is 13.2. The minimum Gasteiger partial charge on any atom is -0.366 e. The average Bonchev–Trinajstić information content (AvgIpc) is 2.86. The highest BCUT2D eigenvalue weighted by molar-refractivity contribution is 6.39. The SMILES string of the molecule is C[C@@H]1CC[C@H](C)[C@@H](c2ccccc2)N(C(=O)C(=O)Nc2cncc(C(N)=O)c2)C1. The molecule has 7 nitrogen and oxygen atoms in total. The Balaban J connectivity index is 1.86. The van der Waals surface area contributed by atoms with Crippen molar-refractivity contribution in [2.24, 2.45) is 17.6 Å². The van der Waals surface area contributed by atoms with Crippen molar-refractivity contribution in [1.82, 2.24) is 9.88 Å². The van der Waals surface area contributed by atoms with Crippen molar-refractivity contribution in [2.75, 3.05) is 11.9 Å². The first kappa shape index (κ1) is 20.5. The quantitative estimate of drug-likeness (QED) is 0.781. The molecule has 3 atom stereocenters. The van der Waals surface area contributed by atoms with Crippen LogP contribution in [0.2, 0.25) is 0 Å². The van der Waals surface area contributed by atoms with Crippen LogP contribution in [0.3, 0.4) is 0 Å². The fourth-order valence-electron chi connectivity index (χ4n) is 3.88. The highest BCUT2D eigenvalue weighted by atomic mass is 16.2. The Morgan fingerprint density at radius 3 is 2.52 bits per heavy atom. The van der Waals surface area contributed by atoms with Gasteiger partial charge in [-0.25, -0.2) is 0 Å². The van der Waals surface area contributed by atoms with Gasteiger partial charge < -0.3 is 16.0 Å². The number of carbonyl (C=O) groups excluding carboxylic acids is 3. The smallest absolute Gasteiger partial charge is 0.313 e. The van der Waals surface area contributed by atoms with E-state index in [1.807, 2.05) is 30.3 Å². The number of hydrogen-bond acceptors (Lipinski definition) is 4. The Hall–Kier alpha value is -3.22. The van der Waals surface area contributed by atoms with Gasteiger partial charge in [-0.05, 0) is 36.3 Å². The maximum atomic E-state index is 13.2. The van der Waals surface area contributed by atoms with E-state index >= 15 is 0 Å². The molecule has 3 rings (SSSR count). The molecule has 0 bridgehead atoms. The number of likely N-dealkylation sites (tertiary alicyclic amines) is 1. The predicted molar refractivity (Wildman–Crippen MR) is 110 cm³/mol. The summed E-state index contributed by atoms with van der Waals surface area (Å²) in [5.74, 6) is -1.49. The Bertz CT molecular complexity index is 900. The average molecular weight is 394 g/mol. The monoisotopic (exact) mass is 394 g/mol. The Morgan fingerprint density at radius 2 is 1.83 bits per heavy atom. The number of anilines is 1. The molecule has 0 saturated carbocycles. The minimum absolute atomic E-state index is 0.162. The fraction of sp³-hybridized carbons (Fsp3) is 0.364. The molecule has 1 saturated heterocycles. The van der Waals surface area contributed by atoms with Crippen LogP contribution in [0.5, 0.6) is 0 Å². The number of primary amides is 1. The summed E-state index contributed by atoms with van der Waals surface area (Å²) in [4.78, 5) is 42.8. The molecule has 29 heavy (non-hydrogen) atoms.